The number of carbonyl (C=O) groups excluding carboxylic acids is 4. The highest BCUT2D eigenvalue weighted by atomic mass is 16.7. The van der Waals surface area contributed by atoms with Crippen molar-refractivity contribution < 1.29 is 38.3 Å². The zero-order valence-corrected chi connectivity index (χ0v) is 31.4. The van der Waals surface area contributed by atoms with Gasteiger partial charge in [0.05, 0.1) is 0 Å². The molecule has 0 saturated carbocycles. The molecule has 0 aromatic heterocycles. The van der Waals surface area contributed by atoms with Gasteiger partial charge in [0.2, 0.25) is 11.6 Å². The highest BCUT2D eigenvalue weighted by Crippen LogP contribution is 2.53. The van der Waals surface area contributed by atoms with Gasteiger partial charge in [0, 0.05) is 56.8 Å². The van der Waals surface area contributed by atoms with Crippen LogP contribution in [-0.2, 0) is 34.2 Å². The Hall–Kier alpha value is -4.02. The van der Waals surface area contributed by atoms with Crippen LogP contribution < -0.4 is 0 Å². The second-order valence-electron chi connectivity index (χ2n) is 13.0. The van der Waals surface area contributed by atoms with Gasteiger partial charge in [-0.2, -0.15) is 0 Å². The van der Waals surface area contributed by atoms with Gasteiger partial charge in [-0.15, -0.1) is 0 Å². The molecule has 0 fully saturated rings. The van der Waals surface area contributed by atoms with Gasteiger partial charge in [-0.3, -0.25) is 9.59 Å². The van der Waals surface area contributed by atoms with Crippen LogP contribution in [0.15, 0.2) is 46.7 Å². The summed E-state index contributed by atoms with van der Waals surface area (Å²) in [5, 5.41) is 7.98. The molecule has 2 aromatic carbocycles. The van der Waals surface area contributed by atoms with Gasteiger partial charge in [-0.1, -0.05) is 86.9 Å². The Bertz CT molecular complexity index is 1450. The molecule has 0 spiro atoms. The lowest BCUT2D eigenvalue weighted by Gasteiger charge is -2.33. The van der Waals surface area contributed by atoms with Gasteiger partial charge in [-0.05, 0) is 86.8 Å². The molecule has 1 aliphatic rings. The maximum absolute atomic E-state index is 14.0. The minimum Gasteiger partial charge on any atom is -0.382 e. The maximum atomic E-state index is 14.0. The average Bonchev–Trinajstić information content (AvgIpc) is 3.38. The lowest BCUT2D eigenvalue weighted by atomic mass is 9.72. The minimum absolute atomic E-state index is 0.206. The number of fused-ring (bicyclic) bond motifs is 3. The Morgan fingerprint density at radius 1 is 0.588 bits per heavy atom. The Kier molecular flexibility index (Phi) is 17.3. The van der Waals surface area contributed by atoms with Crippen molar-refractivity contribution in [3.8, 4) is 11.1 Å². The lowest BCUT2D eigenvalue weighted by molar-refractivity contribution is -0.141. The van der Waals surface area contributed by atoms with Gasteiger partial charge in [0.1, 0.15) is 11.4 Å². The summed E-state index contributed by atoms with van der Waals surface area (Å²) in [6.45, 7) is 12.6. The molecule has 3 rings (SSSR count). The van der Waals surface area contributed by atoms with Crippen LogP contribution >= 0.6 is 0 Å². The van der Waals surface area contributed by atoms with Crippen LogP contribution in [-0.4, -0.2) is 61.4 Å². The first-order valence-electron chi connectivity index (χ1n) is 18.7. The number of ether oxygens (including phenoxy) is 2. The van der Waals surface area contributed by atoms with Crippen LogP contribution in [0.4, 0.5) is 0 Å². The molecular weight excluding hydrogens is 648 g/mol. The molecule has 0 bridgehead atoms. The average molecular weight is 705 g/mol. The summed E-state index contributed by atoms with van der Waals surface area (Å²) in [7, 11) is 0. The van der Waals surface area contributed by atoms with Crippen molar-refractivity contribution in [2.24, 2.45) is 10.3 Å². The first kappa shape index (κ1) is 41.4. The van der Waals surface area contributed by atoms with E-state index in [0.717, 1.165) is 73.6 Å². The molecule has 0 aliphatic heterocycles. The number of carbonyl (C=O) groups is 4. The van der Waals surface area contributed by atoms with Gasteiger partial charge >= 0.3 is 11.9 Å². The van der Waals surface area contributed by atoms with Crippen LogP contribution in [0, 0.1) is 0 Å². The van der Waals surface area contributed by atoms with Crippen molar-refractivity contribution >= 4 is 34.9 Å². The van der Waals surface area contributed by atoms with E-state index in [2.05, 4.69) is 24.2 Å². The fraction of sp³-hybridized carbons (Fsp3) is 0.561. The van der Waals surface area contributed by atoms with E-state index in [9.17, 15) is 19.2 Å². The molecular formula is C41H56N2O8. The highest BCUT2D eigenvalue weighted by Gasteiger charge is 2.44. The Labute approximate surface area is 303 Å². The van der Waals surface area contributed by atoms with Gasteiger partial charge in [0.15, 0.2) is 0 Å². The fourth-order valence-electron chi connectivity index (χ4n) is 6.63. The molecule has 10 heteroatoms. The third-order valence-corrected chi connectivity index (χ3v) is 9.27. The van der Waals surface area contributed by atoms with Crippen molar-refractivity contribution in [3.05, 3.63) is 58.7 Å². The molecule has 0 saturated heterocycles. The minimum atomic E-state index is -0.649. The molecule has 278 valence electrons. The zero-order valence-electron chi connectivity index (χ0n) is 31.4. The van der Waals surface area contributed by atoms with Crippen LogP contribution in [0.2, 0.25) is 0 Å². The summed E-state index contributed by atoms with van der Waals surface area (Å²) in [5.41, 5.74) is 4.46. The molecule has 0 radical (unpaired) electrons. The Morgan fingerprint density at radius 2 is 1.00 bits per heavy atom. The third kappa shape index (κ3) is 11.5. The molecule has 0 N–H and O–H groups in total. The van der Waals surface area contributed by atoms with Crippen molar-refractivity contribution in [1.29, 1.82) is 0 Å². The largest absolute Gasteiger partial charge is 0.382 e. The quantitative estimate of drug-likeness (QED) is 0.0348. The lowest BCUT2D eigenvalue weighted by Crippen LogP contribution is -2.30. The zero-order chi connectivity index (χ0) is 37.2. The third-order valence-electron chi connectivity index (χ3n) is 9.27. The monoisotopic (exact) mass is 704 g/mol. The molecule has 0 atom stereocenters. The van der Waals surface area contributed by atoms with Crippen molar-refractivity contribution in [3.63, 3.8) is 0 Å². The topological polar surface area (TPSA) is 130 Å². The molecule has 0 amide bonds. The highest BCUT2D eigenvalue weighted by molar-refractivity contribution is 6.46. The Morgan fingerprint density at radius 3 is 1.35 bits per heavy atom. The predicted molar refractivity (Wildman–Crippen MR) is 199 cm³/mol. The first-order valence-corrected chi connectivity index (χ1v) is 18.7. The SMILES string of the molecule is CCCCCC/C(=N\OC(C)=O)C(=O)c1ccc2c(c1)C(CCOCC)(CCOCC)c1cc(C(=O)/C(CCCCCC)=N/OC(C)=O)ccc1-2. The number of hydrogen-bond donors (Lipinski definition) is 0. The van der Waals surface area contributed by atoms with E-state index in [0.29, 0.717) is 63.2 Å². The molecule has 0 unspecified atom stereocenters. The summed E-state index contributed by atoms with van der Waals surface area (Å²) < 4.78 is 11.8. The van der Waals surface area contributed by atoms with Crippen molar-refractivity contribution in [2.75, 3.05) is 26.4 Å². The normalized spacial score (nSPS) is 13.5. The number of nitrogens with zero attached hydrogens (tertiary/aromatic N) is 2. The number of hydrogen-bond acceptors (Lipinski definition) is 10. The van der Waals surface area contributed by atoms with E-state index in [4.69, 9.17) is 19.1 Å². The molecule has 10 nitrogen and oxygen atoms in total. The van der Waals surface area contributed by atoms with Crippen LogP contribution in [0.5, 0.6) is 0 Å². The second-order valence-corrected chi connectivity index (χ2v) is 13.0. The summed E-state index contributed by atoms with van der Waals surface area (Å²) in [6.07, 6.45) is 9.50. The van der Waals surface area contributed by atoms with E-state index in [-0.39, 0.29) is 23.0 Å². The summed E-state index contributed by atoms with van der Waals surface area (Å²) >= 11 is 0. The number of Topliss-reactive ketones (excluding diaryl/α,β-unsaturated/α-hetero) is 2. The van der Waals surface area contributed by atoms with Crippen LogP contribution in [0.3, 0.4) is 0 Å². The van der Waals surface area contributed by atoms with Crippen LogP contribution in [0.1, 0.15) is 150 Å². The van der Waals surface area contributed by atoms with E-state index >= 15 is 0 Å². The van der Waals surface area contributed by atoms with E-state index < -0.39 is 17.4 Å². The van der Waals surface area contributed by atoms with Crippen LogP contribution in [0.25, 0.3) is 11.1 Å². The van der Waals surface area contributed by atoms with E-state index in [1.54, 1.807) is 12.1 Å². The van der Waals surface area contributed by atoms with E-state index in [1.807, 2.05) is 38.1 Å². The standard InChI is InChI=1S/C41H56N2O8/c1-7-11-13-15-17-37(42-50-29(5)44)39(46)31-19-21-33-34-22-20-32(40(47)38(43-51-30(6)45)18-16-14-12-8-2)28-36(34)41(35(33)27-31,23-25-48-9-3)24-26-49-10-4/h19-22,27-28H,7-18,23-26H2,1-6H3/b42-37+,43-38+. The molecule has 2 aromatic rings. The first-order chi connectivity index (χ1) is 24.6. The molecule has 1 aliphatic carbocycles. The molecule has 0 heterocycles. The number of rotatable bonds is 24. The van der Waals surface area contributed by atoms with Crippen molar-refractivity contribution in [1.82, 2.24) is 0 Å². The maximum Gasteiger partial charge on any atom is 0.331 e. The predicted octanol–water partition coefficient (Wildman–Crippen LogP) is 8.95. The fourth-order valence-corrected chi connectivity index (χ4v) is 6.63. The number of unbranched alkanes of at least 4 members (excludes halogenated alkanes) is 6. The van der Waals surface area contributed by atoms with Gasteiger partial charge in [-0.25, -0.2) is 9.59 Å². The van der Waals surface area contributed by atoms with Gasteiger partial charge in [0.25, 0.3) is 0 Å². The number of benzene rings is 2. The summed E-state index contributed by atoms with van der Waals surface area (Å²) in [4.78, 5) is 61.2. The number of ketones is 2. The van der Waals surface area contributed by atoms with Crippen molar-refractivity contribution in [2.45, 2.75) is 124 Å². The number of oxime groups is 2. The molecule has 51 heavy (non-hydrogen) atoms. The Balaban J connectivity index is 2.15. The second kappa shape index (κ2) is 21.4. The summed E-state index contributed by atoms with van der Waals surface area (Å²) in [5.74, 6) is -1.76. The van der Waals surface area contributed by atoms with Gasteiger partial charge < -0.3 is 19.1 Å². The smallest absolute Gasteiger partial charge is 0.331 e. The summed E-state index contributed by atoms with van der Waals surface area (Å²) in [6, 6.07) is 11.3. The van der Waals surface area contributed by atoms with E-state index in [1.165, 1.54) is 13.8 Å².